The molecule has 1 fully saturated rings. The normalized spacial score (nSPS) is 25.3. The van der Waals surface area contributed by atoms with Crippen LogP contribution in [0.2, 0.25) is 0 Å². The van der Waals surface area contributed by atoms with Crippen LogP contribution < -0.4 is 0 Å². The number of hydrogen-bond donors (Lipinski definition) is 0. The van der Waals surface area contributed by atoms with Gasteiger partial charge in [0, 0.05) is 16.7 Å². The molecule has 0 unspecified atom stereocenters. The van der Waals surface area contributed by atoms with E-state index in [1.807, 2.05) is 11.3 Å². The molecule has 0 N–H and O–H groups in total. The van der Waals surface area contributed by atoms with Crippen molar-refractivity contribution in [2.75, 3.05) is 0 Å². The summed E-state index contributed by atoms with van der Waals surface area (Å²) in [6, 6.07) is 0. The first-order chi connectivity index (χ1) is 8.50. The summed E-state index contributed by atoms with van der Waals surface area (Å²) in [6.07, 6.45) is 8.34. The molecule has 0 spiro atoms. The third-order valence-electron chi connectivity index (χ3n) is 4.18. The number of nitrogens with zero attached hydrogens (tertiary/aromatic N) is 1. The molecule has 0 aliphatic heterocycles. The summed E-state index contributed by atoms with van der Waals surface area (Å²) in [4.78, 5) is 4.89. The van der Waals surface area contributed by atoms with Crippen molar-refractivity contribution in [2.24, 2.45) is 5.92 Å². The van der Waals surface area contributed by atoms with E-state index in [2.05, 4.69) is 33.1 Å². The molecule has 18 heavy (non-hydrogen) atoms. The topological polar surface area (TPSA) is 12.9 Å². The first-order valence-corrected chi connectivity index (χ1v) is 8.34. The fourth-order valence-corrected chi connectivity index (χ4v) is 4.14. The van der Waals surface area contributed by atoms with Gasteiger partial charge in [-0.2, -0.15) is 0 Å². The molecule has 102 valence electrons. The van der Waals surface area contributed by atoms with E-state index in [1.165, 1.54) is 49.2 Å². The summed E-state index contributed by atoms with van der Waals surface area (Å²) in [6.45, 7) is 9.07. The SMILES string of the molecule is CCCC1CCC(c2nc(C(C)(C)C)cs2)CC1. The quantitative estimate of drug-likeness (QED) is 0.701. The molecule has 0 atom stereocenters. The van der Waals surface area contributed by atoms with Crippen molar-refractivity contribution in [1.29, 1.82) is 0 Å². The van der Waals surface area contributed by atoms with Gasteiger partial charge in [-0.25, -0.2) is 4.98 Å². The molecule has 0 aromatic carbocycles. The van der Waals surface area contributed by atoms with Crippen LogP contribution in [0.15, 0.2) is 5.38 Å². The Balaban J connectivity index is 1.95. The van der Waals surface area contributed by atoms with Crippen LogP contribution in [-0.2, 0) is 5.41 Å². The zero-order valence-electron chi connectivity index (χ0n) is 12.3. The van der Waals surface area contributed by atoms with Gasteiger partial charge in [0.1, 0.15) is 0 Å². The molecule has 1 aromatic heterocycles. The van der Waals surface area contributed by atoms with Crippen molar-refractivity contribution < 1.29 is 0 Å². The standard InChI is InChI=1S/C16H27NS/c1-5-6-12-7-9-13(10-8-12)15-17-14(11-18-15)16(2,3)4/h11-13H,5-10H2,1-4H3. The number of hydrogen-bond acceptors (Lipinski definition) is 2. The van der Waals surface area contributed by atoms with Gasteiger partial charge in [-0.05, 0) is 31.6 Å². The van der Waals surface area contributed by atoms with E-state index >= 15 is 0 Å². The molecule has 1 nitrogen and oxygen atoms in total. The Kier molecular flexibility index (Phi) is 4.47. The Morgan fingerprint density at radius 1 is 1.22 bits per heavy atom. The molecule has 0 bridgehead atoms. The Labute approximate surface area is 116 Å². The molecule has 1 aromatic rings. The summed E-state index contributed by atoms with van der Waals surface area (Å²) < 4.78 is 0. The highest BCUT2D eigenvalue weighted by molar-refractivity contribution is 7.09. The predicted molar refractivity (Wildman–Crippen MR) is 80.4 cm³/mol. The molecule has 2 rings (SSSR count). The predicted octanol–water partition coefficient (Wildman–Crippen LogP) is 5.51. The van der Waals surface area contributed by atoms with Crippen molar-refractivity contribution in [3.8, 4) is 0 Å². The van der Waals surface area contributed by atoms with Crippen LogP contribution in [0.3, 0.4) is 0 Å². The van der Waals surface area contributed by atoms with Gasteiger partial charge in [0.2, 0.25) is 0 Å². The second-order valence-electron chi connectivity index (χ2n) is 6.83. The molecule has 0 saturated heterocycles. The zero-order chi connectivity index (χ0) is 13.2. The highest BCUT2D eigenvalue weighted by Gasteiger charge is 2.25. The van der Waals surface area contributed by atoms with Gasteiger partial charge in [-0.1, -0.05) is 40.5 Å². The molecular formula is C16H27NS. The molecule has 2 heteroatoms. The van der Waals surface area contributed by atoms with Gasteiger partial charge in [0.25, 0.3) is 0 Å². The second kappa shape index (κ2) is 5.73. The summed E-state index contributed by atoms with van der Waals surface area (Å²) in [5, 5.41) is 3.67. The lowest BCUT2D eigenvalue weighted by Gasteiger charge is -2.27. The second-order valence-corrected chi connectivity index (χ2v) is 7.72. The lowest BCUT2D eigenvalue weighted by molar-refractivity contribution is 0.307. The largest absolute Gasteiger partial charge is 0.245 e. The minimum absolute atomic E-state index is 0.203. The third-order valence-corrected chi connectivity index (χ3v) is 5.19. The van der Waals surface area contributed by atoms with E-state index in [0.717, 1.165) is 11.8 Å². The average molecular weight is 265 g/mol. The molecule has 0 amide bonds. The molecule has 1 saturated carbocycles. The van der Waals surface area contributed by atoms with E-state index in [0.29, 0.717) is 0 Å². The number of rotatable bonds is 3. The average Bonchev–Trinajstić information content (AvgIpc) is 2.79. The van der Waals surface area contributed by atoms with Crippen LogP contribution in [0.4, 0.5) is 0 Å². The van der Waals surface area contributed by atoms with Gasteiger partial charge in [0.05, 0.1) is 10.7 Å². The van der Waals surface area contributed by atoms with E-state index in [9.17, 15) is 0 Å². The van der Waals surface area contributed by atoms with Crippen LogP contribution >= 0.6 is 11.3 Å². The minimum atomic E-state index is 0.203. The Morgan fingerprint density at radius 2 is 1.89 bits per heavy atom. The maximum absolute atomic E-state index is 4.89. The van der Waals surface area contributed by atoms with Crippen molar-refractivity contribution in [3.05, 3.63) is 16.1 Å². The van der Waals surface area contributed by atoms with Crippen molar-refractivity contribution in [2.45, 2.75) is 77.6 Å². The number of aromatic nitrogens is 1. The van der Waals surface area contributed by atoms with Crippen LogP contribution in [0.1, 0.15) is 82.8 Å². The fraction of sp³-hybridized carbons (Fsp3) is 0.812. The van der Waals surface area contributed by atoms with Gasteiger partial charge in [0.15, 0.2) is 0 Å². The lowest BCUT2D eigenvalue weighted by Crippen LogP contribution is -2.15. The van der Waals surface area contributed by atoms with Crippen molar-refractivity contribution in [3.63, 3.8) is 0 Å². The van der Waals surface area contributed by atoms with Crippen molar-refractivity contribution in [1.82, 2.24) is 4.98 Å². The summed E-state index contributed by atoms with van der Waals surface area (Å²) in [7, 11) is 0. The van der Waals surface area contributed by atoms with Crippen LogP contribution in [0, 0.1) is 5.92 Å². The molecule has 1 aliphatic rings. The monoisotopic (exact) mass is 265 g/mol. The Morgan fingerprint density at radius 3 is 2.39 bits per heavy atom. The van der Waals surface area contributed by atoms with Gasteiger partial charge in [-0.3, -0.25) is 0 Å². The molecule has 1 aliphatic carbocycles. The smallest absolute Gasteiger partial charge is 0.0959 e. The van der Waals surface area contributed by atoms with Crippen molar-refractivity contribution >= 4 is 11.3 Å². The van der Waals surface area contributed by atoms with Gasteiger partial charge < -0.3 is 0 Å². The van der Waals surface area contributed by atoms with E-state index in [4.69, 9.17) is 4.98 Å². The minimum Gasteiger partial charge on any atom is -0.245 e. The molecule has 1 heterocycles. The summed E-state index contributed by atoms with van der Waals surface area (Å²) in [5.74, 6) is 1.74. The zero-order valence-corrected chi connectivity index (χ0v) is 13.1. The fourth-order valence-electron chi connectivity index (χ4n) is 2.93. The van der Waals surface area contributed by atoms with E-state index in [1.54, 1.807) is 0 Å². The first-order valence-electron chi connectivity index (χ1n) is 7.46. The maximum Gasteiger partial charge on any atom is 0.0959 e. The Bertz CT molecular complexity index is 367. The number of thiazole rings is 1. The Hall–Kier alpha value is -0.370. The lowest BCUT2D eigenvalue weighted by atomic mass is 9.80. The first kappa shape index (κ1) is 14.0. The highest BCUT2D eigenvalue weighted by Crippen LogP contribution is 2.39. The maximum atomic E-state index is 4.89. The van der Waals surface area contributed by atoms with Crippen LogP contribution in [0.25, 0.3) is 0 Å². The summed E-state index contributed by atoms with van der Waals surface area (Å²) in [5.41, 5.74) is 1.48. The van der Waals surface area contributed by atoms with Crippen LogP contribution in [-0.4, -0.2) is 4.98 Å². The third kappa shape index (κ3) is 3.34. The van der Waals surface area contributed by atoms with E-state index < -0.39 is 0 Å². The highest BCUT2D eigenvalue weighted by atomic mass is 32.1. The molecular weight excluding hydrogens is 238 g/mol. The van der Waals surface area contributed by atoms with Gasteiger partial charge >= 0.3 is 0 Å². The summed E-state index contributed by atoms with van der Waals surface area (Å²) >= 11 is 1.89. The van der Waals surface area contributed by atoms with Gasteiger partial charge in [-0.15, -0.1) is 11.3 Å². The van der Waals surface area contributed by atoms with E-state index in [-0.39, 0.29) is 5.41 Å². The molecule has 0 radical (unpaired) electrons. The van der Waals surface area contributed by atoms with Crippen LogP contribution in [0.5, 0.6) is 0 Å².